The van der Waals surface area contributed by atoms with E-state index < -0.39 is 32.9 Å². The Hall–Kier alpha value is -1.11. The summed E-state index contributed by atoms with van der Waals surface area (Å²) in [4.78, 5) is 22.3. The normalized spacial score (nSPS) is 29.4. The molecular weight excluding hydrogens is 224 g/mol. The lowest BCUT2D eigenvalue weighted by Crippen LogP contribution is -2.49. The molecule has 15 heavy (non-hydrogen) atoms. The SMILES string of the molecule is COC(=O)C1(C(=O)O)CCCS(=O)(=O)C1. The predicted octanol–water partition coefficient (Wildman–Crippen LogP) is -0.561. The number of rotatable bonds is 2. The van der Waals surface area contributed by atoms with E-state index in [0.29, 0.717) is 0 Å². The Morgan fingerprint density at radius 3 is 2.40 bits per heavy atom. The van der Waals surface area contributed by atoms with Gasteiger partial charge in [-0.15, -0.1) is 0 Å². The molecule has 1 aliphatic heterocycles. The molecule has 1 unspecified atom stereocenters. The second-order valence-electron chi connectivity index (χ2n) is 3.57. The summed E-state index contributed by atoms with van der Waals surface area (Å²) in [5.74, 6) is -3.16. The minimum atomic E-state index is -3.47. The molecule has 0 amide bonds. The van der Waals surface area contributed by atoms with Crippen molar-refractivity contribution in [2.45, 2.75) is 12.8 Å². The summed E-state index contributed by atoms with van der Waals surface area (Å²) in [7, 11) is -2.42. The first-order valence-electron chi connectivity index (χ1n) is 4.36. The molecule has 1 aliphatic rings. The third-order valence-corrected chi connectivity index (χ3v) is 4.35. The van der Waals surface area contributed by atoms with Crippen LogP contribution in [0.3, 0.4) is 0 Å². The number of carbonyl (C=O) groups excluding carboxylic acids is 1. The Morgan fingerprint density at radius 1 is 1.40 bits per heavy atom. The van der Waals surface area contributed by atoms with Crippen molar-refractivity contribution < 1.29 is 27.9 Å². The summed E-state index contributed by atoms with van der Waals surface area (Å²) in [6.07, 6.45) is 0.179. The Bertz CT molecular complexity index is 384. The molecule has 1 N–H and O–H groups in total. The van der Waals surface area contributed by atoms with Gasteiger partial charge < -0.3 is 9.84 Å². The van der Waals surface area contributed by atoms with E-state index in [1.807, 2.05) is 0 Å². The molecule has 0 aromatic carbocycles. The topological polar surface area (TPSA) is 97.7 Å². The van der Waals surface area contributed by atoms with Gasteiger partial charge >= 0.3 is 11.9 Å². The van der Waals surface area contributed by atoms with Gasteiger partial charge in [0.2, 0.25) is 0 Å². The molecule has 0 aromatic heterocycles. The fraction of sp³-hybridized carbons (Fsp3) is 0.750. The van der Waals surface area contributed by atoms with Crippen LogP contribution in [0.4, 0.5) is 0 Å². The van der Waals surface area contributed by atoms with Crippen LogP contribution in [0.25, 0.3) is 0 Å². The highest BCUT2D eigenvalue weighted by Crippen LogP contribution is 2.33. The molecule has 1 heterocycles. The molecule has 6 nitrogen and oxygen atoms in total. The van der Waals surface area contributed by atoms with E-state index in [-0.39, 0.29) is 18.6 Å². The van der Waals surface area contributed by atoms with Crippen molar-refractivity contribution in [1.82, 2.24) is 0 Å². The fourth-order valence-electron chi connectivity index (χ4n) is 1.73. The van der Waals surface area contributed by atoms with Gasteiger partial charge in [-0.25, -0.2) is 8.42 Å². The Kier molecular flexibility index (Phi) is 3.03. The van der Waals surface area contributed by atoms with Crippen LogP contribution in [-0.2, 0) is 24.2 Å². The van der Waals surface area contributed by atoms with Crippen molar-refractivity contribution in [1.29, 1.82) is 0 Å². The Labute approximate surface area is 87.1 Å². The number of carboxylic acid groups (broad SMARTS) is 1. The summed E-state index contributed by atoms with van der Waals surface area (Å²) >= 11 is 0. The summed E-state index contributed by atoms with van der Waals surface area (Å²) in [6.45, 7) is 0. The first-order valence-corrected chi connectivity index (χ1v) is 6.18. The molecule has 7 heteroatoms. The molecule has 0 radical (unpaired) electrons. The zero-order valence-electron chi connectivity index (χ0n) is 8.23. The lowest BCUT2D eigenvalue weighted by Gasteiger charge is -2.29. The fourth-order valence-corrected chi connectivity index (χ4v) is 3.59. The standard InChI is InChI=1S/C8H12O6S/c1-14-7(11)8(6(9)10)3-2-4-15(12,13)5-8/h2-5H2,1H3,(H,9,10). The van der Waals surface area contributed by atoms with Crippen LogP contribution in [0, 0.1) is 5.41 Å². The number of sulfone groups is 1. The van der Waals surface area contributed by atoms with E-state index in [2.05, 4.69) is 4.74 Å². The number of carboxylic acids is 1. The van der Waals surface area contributed by atoms with Crippen LogP contribution in [-0.4, -0.2) is 44.1 Å². The zero-order chi connectivity index (χ0) is 11.7. The van der Waals surface area contributed by atoms with E-state index >= 15 is 0 Å². The number of ether oxygens (including phenoxy) is 1. The van der Waals surface area contributed by atoms with E-state index in [1.165, 1.54) is 0 Å². The molecule has 0 spiro atoms. The van der Waals surface area contributed by atoms with Gasteiger partial charge in [-0.1, -0.05) is 0 Å². The van der Waals surface area contributed by atoms with Crippen LogP contribution in [0.2, 0.25) is 0 Å². The minimum absolute atomic E-state index is 0.00817. The number of hydrogen-bond donors (Lipinski definition) is 1. The molecule has 0 saturated carbocycles. The van der Waals surface area contributed by atoms with Gasteiger partial charge in [0.05, 0.1) is 18.6 Å². The molecule has 1 fully saturated rings. The largest absolute Gasteiger partial charge is 0.480 e. The van der Waals surface area contributed by atoms with Crippen LogP contribution in [0.5, 0.6) is 0 Å². The summed E-state index contributed by atoms with van der Waals surface area (Å²) in [5.41, 5.74) is -1.91. The van der Waals surface area contributed by atoms with Gasteiger partial charge in [-0.3, -0.25) is 9.59 Å². The second-order valence-corrected chi connectivity index (χ2v) is 5.76. The molecule has 0 bridgehead atoms. The van der Waals surface area contributed by atoms with E-state index in [0.717, 1.165) is 7.11 Å². The Balaban J connectivity index is 3.12. The minimum Gasteiger partial charge on any atom is -0.480 e. The number of methoxy groups -OCH3 is 1. The molecule has 86 valence electrons. The summed E-state index contributed by atoms with van der Waals surface area (Å²) < 4.78 is 27.0. The lowest BCUT2D eigenvalue weighted by molar-refractivity contribution is -0.166. The van der Waals surface area contributed by atoms with Crippen molar-refractivity contribution in [3.05, 3.63) is 0 Å². The van der Waals surface area contributed by atoms with Crippen LogP contribution < -0.4 is 0 Å². The highest BCUT2D eigenvalue weighted by atomic mass is 32.2. The predicted molar refractivity (Wildman–Crippen MR) is 50.0 cm³/mol. The summed E-state index contributed by atoms with van der Waals surface area (Å²) in [6, 6.07) is 0. The van der Waals surface area contributed by atoms with Gasteiger partial charge in [0, 0.05) is 0 Å². The van der Waals surface area contributed by atoms with E-state index in [1.54, 1.807) is 0 Å². The number of aliphatic carboxylic acids is 1. The first-order chi connectivity index (χ1) is 6.84. The van der Waals surface area contributed by atoms with Gasteiger partial charge in [-0.05, 0) is 12.8 Å². The van der Waals surface area contributed by atoms with Gasteiger partial charge in [0.1, 0.15) is 0 Å². The van der Waals surface area contributed by atoms with E-state index in [9.17, 15) is 18.0 Å². The molecule has 1 atom stereocenters. The highest BCUT2D eigenvalue weighted by Gasteiger charge is 2.52. The maximum Gasteiger partial charge on any atom is 0.324 e. The lowest BCUT2D eigenvalue weighted by atomic mass is 9.85. The number of carbonyl (C=O) groups is 2. The van der Waals surface area contributed by atoms with Crippen LogP contribution >= 0.6 is 0 Å². The van der Waals surface area contributed by atoms with E-state index in [4.69, 9.17) is 5.11 Å². The molecule has 1 rings (SSSR count). The van der Waals surface area contributed by atoms with Gasteiger partial charge in [0.15, 0.2) is 15.3 Å². The average Bonchev–Trinajstić information content (AvgIpc) is 2.14. The van der Waals surface area contributed by atoms with Crippen molar-refractivity contribution >= 4 is 21.8 Å². The average molecular weight is 236 g/mol. The van der Waals surface area contributed by atoms with Crippen LogP contribution in [0.15, 0.2) is 0 Å². The molecule has 0 aliphatic carbocycles. The number of esters is 1. The number of hydrogen-bond acceptors (Lipinski definition) is 5. The van der Waals surface area contributed by atoms with Crippen LogP contribution in [0.1, 0.15) is 12.8 Å². The first kappa shape index (κ1) is 12.0. The smallest absolute Gasteiger partial charge is 0.324 e. The highest BCUT2D eigenvalue weighted by molar-refractivity contribution is 7.91. The van der Waals surface area contributed by atoms with Crippen molar-refractivity contribution in [3.8, 4) is 0 Å². The maximum absolute atomic E-state index is 11.4. The third kappa shape index (κ3) is 2.11. The molecule has 1 saturated heterocycles. The third-order valence-electron chi connectivity index (χ3n) is 2.51. The monoisotopic (exact) mass is 236 g/mol. The second kappa shape index (κ2) is 3.80. The molecule has 0 aromatic rings. The quantitative estimate of drug-likeness (QED) is 0.509. The maximum atomic E-state index is 11.4. The summed E-state index contributed by atoms with van der Waals surface area (Å²) in [5, 5.41) is 8.96. The Morgan fingerprint density at radius 2 is 2.00 bits per heavy atom. The molecular formula is C8H12O6S. The van der Waals surface area contributed by atoms with Crippen molar-refractivity contribution in [3.63, 3.8) is 0 Å². The van der Waals surface area contributed by atoms with Crippen molar-refractivity contribution in [2.24, 2.45) is 5.41 Å². The van der Waals surface area contributed by atoms with Gasteiger partial charge in [0.25, 0.3) is 0 Å². The van der Waals surface area contributed by atoms with Gasteiger partial charge in [-0.2, -0.15) is 0 Å². The van der Waals surface area contributed by atoms with Crippen molar-refractivity contribution in [2.75, 3.05) is 18.6 Å². The zero-order valence-corrected chi connectivity index (χ0v) is 9.04.